The highest BCUT2D eigenvalue weighted by molar-refractivity contribution is 8.02. The number of aromatic nitrogens is 2. The number of ether oxygens (including phenoxy) is 2. The predicted molar refractivity (Wildman–Crippen MR) is 241 cm³/mol. The molecule has 62 heavy (non-hydrogen) atoms. The number of carbonyl (C=O) groups excluding carboxylic acids is 2. The number of pyridine rings is 1. The molecule has 5 aromatic rings. The highest BCUT2D eigenvalue weighted by atomic mass is 35.5. The van der Waals surface area contributed by atoms with Gasteiger partial charge in [-0.1, -0.05) is 40.7 Å². The molecule has 0 saturated carbocycles. The smallest absolute Gasteiger partial charge is 0.258 e. The third-order valence-corrected chi connectivity index (χ3v) is 14.5. The van der Waals surface area contributed by atoms with E-state index in [2.05, 4.69) is 35.9 Å². The second-order valence-electron chi connectivity index (χ2n) is 16.9. The predicted octanol–water partition coefficient (Wildman–Crippen LogP) is 5.94. The highest BCUT2D eigenvalue weighted by Gasteiger charge is 2.34. The van der Waals surface area contributed by atoms with E-state index in [4.69, 9.17) is 26.0 Å². The molecule has 2 unspecified atom stereocenters. The molecule has 3 aliphatic heterocycles. The van der Waals surface area contributed by atoms with E-state index in [1.165, 1.54) is 5.56 Å². The Morgan fingerprint density at radius 2 is 1.79 bits per heavy atom. The van der Waals surface area contributed by atoms with Gasteiger partial charge in [-0.2, -0.15) is 5.90 Å². The standard InChI is InChI=1S/C46H56ClN8O6S/c1-31(2)46(57)54-28-34-4-5-36(47)22-35(34)23-39(54)29-52-16-18-53(19-17-52)38-8-11-42(43(25-38)60-40-24-33-12-15-49-44(33)50-26-40)45(56)51-30-62(3,58)41-9-6-37(7-10-41)55(61-48)27-32-13-20-59-21-14-32/h4-12,15,22,24-26,31-32,39H,13-14,16-21,23,27-30H2,1-3,48H3,(H-,49,50,51,56)/q+1/p+1. The fraction of sp³-hybridized carbons (Fsp3) is 0.413. The summed E-state index contributed by atoms with van der Waals surface area (Å²) in [6.07, 6.45) is 7.79. The van der Waals surface area contributed by atoms with Crippen LogP contribution < -0.4 is 25.9 Å². The average molecular weight is 886 g/mol. The largest absolute Gasteiger partial charge is 0.455 e. The first-order chi connectivity index (χ1) is 29.9. The number of hydrogen-bond acceptors (Lipinski definition) is 10. The van der Waals surface area contributed by atoms with E-state index in [0.29, 0.717) is 46.0 Å². The number of quaternary nitrogens is 1. The Morgan fingerprint density at radius 3 is 2.53 bits per heavy atom. The second kappa shape index (κ2) is 19.2. The van der Waals surface area contributed by atoms with E-state index < -0.39 is 15.8 Å². The number of hydroxylamine groups is 1. The molecule has 328 valence electrons. The van der Waals surface area contributed by atoms with Gasteiger partial charge in [0.1, 0.15) is 33.3 Å². The van der Waals surface area contributed by atoms with Crippen LogP contribution in [0.5, 0.6) is 11.5 Å². The molecule has 0 radical (unpaired) electrons. The van der Waals surface area contributed by atoms with Crippen molar-refractivity contribution in [2.75, 3.05) is 74.6 Å². The minimum Gasteiger partial charge on any atom is -0.455 e. The van der Waals surface area contributed by atoms with Gasteiger partial charge >= 0.3 is 0 Å². The van der Waals surface area contributed by atoms with Gasteiger partial charge in [0, 0.05) is 92.8 Å². The number of rotatable bonds is 14. The Morgan fingerprint density at radius 1 is 1.02 bits per heavy atom. The van der Waals surface area contributed by atoms with Gasteiger partial charge in [0.2, 0.25) is 5.91 Å². The van der Waals surface area contributed by atoms with Crippen molar-refractivity contribution in [1.82, 2.24) is 25.1 Å². The Balaban J connectivity index is 0.949. The van der Waals surface area contributed by atoms with Crippen LogP contribution in [0.1, 0.15) is 48.2 Å². The van der Waals surface area contributed by atoms with Crippen molar-refractivity contribution in [1.29, 1.82) is 0 Å². The molecular formula is C46H57ClN8O6S+2. The minimum atomic E-state index is -2.67. The number of nitrogens with zero attached hydrogens (tertiary/aromatic N) is 5. The van der Waals surface area contributed by atoms with E-state index in [1.807, 2.05) is 86.8 Å². The molecular weight excluding hydrogens is 828 g/mol. The van der Waals surface area contributed by atoms with E-state index in [9.17, 15) is 13.8 Å². The number of hydrogen-bond donors (Lipinski definition) is 3. The summed E-state index contributed by atoms with van der Waals surface area (Å²) in [5, 5.41) is 6.29. The number of benzene rings is 3. The SMILES string of the molecule is CC(C)C(=O)N1Cc2ccc(Cl)cc2CC1CN1CCN(c2ccc(C(=O)NC[S+](C)(=O)c3ccc(N(CC4CCOCC4)O[NH3+])cc3)c(Oc3cnc4[nH]ccc4c3)c2)CC1. The van der Waals surface area contributed by atoms with Gasteiger partial charge in [-0.25, -0.2) is 10.0 Å². The number of halogens is 1. The van der Waals surface area contributed by atoms with Crippen molar-refractivity contribution >= 4 is 55.8 Å². The fourth-order valence-corrected chi connectivity index (χ4v) is 10.1. The zero-order chi connectivity index (χ0) is 43.4. The topological polar surface area (TPSA) is 160 Å². The maximum absolute atomic E-state index is 14.1. The van der Waals surface area contributed by atoms with Gasteiger partial charge in [-0.05, 0) is 97.0 Å². The quantitative estimate of drug-likeness (QED) is 0.0901. The summed E-state index contributed by atoms with van der Waals surface area (Å²) in [4.78, 5) is 47.8. The van der Waals surface area contributed by atoms with Crippen LogP contribution in [0.2, 0.25) is 5.02 Å². The molecule has 16 heteroatoms. The lowest BCUT2D eigenvalue weighted by Gasteiger charge is -2.43. The minimum absolute atomic E-state index is 0.0501. The van der Waals surface area contributed by atoms with E-state index >= 15 is 0 Å². The third-order valence-electron chi connectivity index (χ3n) is 12.3. The maximum atomic E-state index is 14.1. The summed E-state index contributed by atoms with van der Waals surface area (Å²) >= 11 is 6.38. The normalized spacial score (nSPS) is 18.4. The van der Waals surface area contributed by atoms with E-state index in [0.717, 1.165) is 93.2 Å². The van der Waals surface area contributed by atoms with Crippen molar-refractivity contribution < 1.29 is 34.1 Å². The van der Waals surface area contributed by atoms with Crippen LogP contribution in [-0.2, 0) is 41.6 Å². The first kappa shape index (κ1) is 43.6. The fourth-order valence-electron chi connectivity index (χ4n) is 8.62. The highest BCUT2D eigenvalue weighted by Crippen LogP contribution is 2.33. The van der Waals surface area contributed by atoms with Crippen LogP contribution in [0.3, 0.4) is 0 Å². The van der Waals surface area contributed by atoms with Crippen LogP contribution in [-0.4, -0.2) is 102 Å². The lowest BCUT2D eigenvalue weighted by atomic mass is 9.92. The molecule has 2 aromatic heterocycles. The zero-order valence-electron chi connectivity index (χ0n) is 35.7. The van der Waals surface area contributed by atoms with Crippen molar-refractivity contribution in [3.8, 4) is 11.5 Å². The van der Waals surface area contributed by atoms with E-state index in [1.54, 1.807) is 23.6 Å². The summed E-state index contributed by atoms with van der Waals surface area (Å²) < 4.78 is 26.0. The molecule has 2 saturated heterocycles. The molecule has 8 rings (SSSR count). The Labute approximate surface area is 369 Å². The molecule has 2 fully saturated rings. The molecule has 5 N–H and O–H groups in total. The van der Waals surface area contributed by atoms with Crippen molar-refractivity contribution in [2.24, 2.45) is 11.8 Å². The third kappa shape index (κ3) is 10.1. The molecule has 0 bridgehead atoms. The Kier molecular flexibility index (Phi) is 13.5. The number of aromatic amines is 1. The van der Waals surface area contributed by atoms with Crippen LogP contribution >= 0.6 is 11.6 Å². The molecule has 0 spiro atoms. The summed E-state index contributed by atoms with van der Waals surface area (Å²) in [6, 6.07) is 22.8. The van der Waals surface area contributed by atoms with Gasteiger partial charge < -0.3 is 29.6 Å². The average Bonchev–Trinajstić information content (AvgIpc) is 3.76. The number of carbonyl (C=O) groups is 2. The summed E-state index contributed by atoms with van der Waals surface area (Å²) in [7, 11) is -2.67. The lowest BCUT2D eigenvalue weighted by molar-refractivity contribution is -0.694. The number of anilines is 2. The first-order valence-electron chi connectivity index (χ1n) is 21.4. The van der Waals surface area contributed by atoms with Crippen LogP contribution in [0.4, 0.5) is 11.4 Å². The van der Waals surface area contributed by atoms with Gasteiger partial charge in [-0.3, -0.25) is 14.5 Å². The zero-order valence-corrected chi connectivity index (χ0v) is 37.3. The van der Waals surface area contributed by atoms with Gasteiger partial charge in [0.05, 0.1) is 24.0 Å². The molecule has 2 amide bonds. The van der Waals surface area contributed by atoms with Gasteiger partial charge in [0.15, 0.2) is 10.8 Å². The molecule has 14 nitrogen and oxygen atoms in total. The molecule has 0 aliphatic carbocycles. The Bertz CT molecular complexity index is 2420. The summed E-state index contributed by atoms with van der Waals surface area (Å²) in [5.74, 6) is 4.55. The van der Waals surface area contributed by atoms with Crippen LogP contribution in [0.25, 0.3) is 11.0 Å². The number of nitrogens with one attached hydrogen (secondary N) is 2. The monoisotopic (exact) mass is 884 g/mol. The Hall–Kier alpha value is -5.03. The molecule has 5 heterocycles. The van der Waals surface area contributed by atoms with Crippen LogP contribution in [0, 0.1) is 11.8 Å². The van der Waals surface area contributed by atoms with Crippen LogP contribution in [0.15, 0.2) is 90.1 Å². The van der Waals surface area contributed by atoms with Gasteiger partial charge in [-0.15, -0.1) is 0 Å². The lowest BCUT2D eigenvalue weighted by Crippen LogP contribution is -2.57. The summed E-state index contributed by atoms with van der Waals surface area (Å²) in [5.41, 5.74) is 5.15. The number of amides is 2. The molecule has 2 atom stereocenters. The number of fused-ring (bicyclic) bond motifs is 2. The van der Waals surface area contributed by atoms with E-state index in [-0.39, 0.29) is 23.7 Å². The second-order valence-corrected chi connectivity index (χ2v) is 20.2. The van der Waals surface area contributed by atoms with Crippen molar-refractivity contribution in [2.45, 2.75) is 50.6 Å². The first-order valence-corrected chi connectivity index (χ1v) is 23.9. The number of piperazine rings is 1. The molecule has 3 aromatic carbocycles. The number of H-pyrrole nitrogens is 1. The van der Waals surface area contributed by atoms with Crippen molar-refractivity contribution in [3.05, 3.63) is 107 Å². The maximum Gasteiger partial charge on any atom is 0.258 e. The van der Waals surface area contributed by atoms with Crippen molar-refractivity contribution in [3.63, 3.8) is 0 Å². The van der Waals surface area contributed by atoms with Gasteiger partial charge in [0.25, 0.3) is 5.91 Å². The summed E-state index contributed by atoms with van der Waals surface area (Å²) in [6.45, 7) is 10.6. The molecule has 3 aliphatic rings.